The zero-order valence-corrected chi connectivity index (χ0v) is 19.0. The maximum Gasteiger partial charge on any atom is 0.254 e. The third-order valence-electron chi connectivity index (χ3n) is 5.98. The predicted octanol–water partition coefficient (Wildman–Crippen LogP) is 4.64. The number of nitrogens with zero attached hydrogens (tertiary/aromatic N) is 3. The van der Waals surface area contributed by atoms with Gasteiger partial charge in [-0.1, -0.05) is 24.3 Å². The number of rotatable bonds is 4. The summed E-state index contributed by atoms with van der Waals surface area (Å²) in [4.78, 5) is 29.9. The van der Waals surface area contributed by atoms with E-state index >= 15 is 0 Å². The number of halogens is 2. The van der Waals surface area contributed by atoms with Gasteiger partial charge in [0, 0.05) is 41.6 Å². The van der Waals surface area contributed by atoms with Crippen molar-refractivity contribution < 1.29 is 18.4 Å². The minimum atomic E-state index is -0.692. The van der Waals surface area contributed by atoms with Crippen molar-refractivity contribution in [1.29, 1.82) is 0 Å². The number of amides is 2. The number of carbonyl (C=O) groups excluding carboxylic acids is 2. The SMILES string of the molecule is CC(C)(C)N(CC(=O)N1CCn2cccc2[C@H]1c1ccccc1F)C(=O)c1cccc(F)c1. The molecule has 0 spiro atoms. The lowest BCUT2D eigenvalue weighted by Gasteiger charge is -2.41. The van der Waals surface area contributed by atoms with Crippen molar-refractivity contribution in [2.75, 3.05) is 13.1 Å². The molecule has 2 aromatic carbocycles. The molecule has 172 valence electrons. The van der Waals surface area contributed by atoms with Crippen LogP contribution in [0.4, 0.5) is 8.78 Å². The van der Waals surface area contributed by atoms with Crippen LogP contribution in [0, 0.1) is 11.6 Å². The van der Waals surface area contributed by atoms with Gasteiger partial charge >= 0.3 is 0 Å². The molecule has 0 unspecified atom stereocenters. The molecule has 1 atom stereocenters. The highest BCUT2D eigenvalue weighted by atomic mass is 19.1. The first-order valence-electron chi connectivity index (χ1n) is 10.9. The van der Waals surface area contributed by atoms with Crippen LogP contribution in [0.5, 0.6) is 0 Å². The standard InChI is InChI=1S/C26H27F2N3O2/c1-26(2,3)31(25(33)18-8-6-9-19(27)16-18)17-23(32)30-15-14-29-13-7-12-22(29)24(30)20-10-4-5-11-21(20)28/h4-13,16,24H,14-15,17H2,1-3H3/t24-/m1/s1. The molecule has 3 aromatic rings. The van der Waals surface area contributed by atoms with Gasteiger partial charge in [0.2, 0.25) is 5.91 Å². The molecule has 0 bridgehead atoms. The van der Waals surface area contributed by atoms with Crippen molar-refractivity contribution in [2.45, 2.75) is 38.9 Å². The molecule has 1 aromatic heterocycles. The number of hydrogen-bond donors (Lipinski definition) is 0. The van der Waals surface area contributed by atoms with Crippen molar-refractivity contribution in [1.82, 2.24) is 14.4 Å². The highest BCUT2D eigenvalue weighted by Gasteiger charge is 2.37. The summed E-state index contributed by atoms with van der Waals surface area (Å²) in [5, 5.41) is 0. The highest BCUT2D eigenvalue weighted by molar-refractivity contribution is 5.97. The van der Waals surface area contributed by atoms with Crippen LogP contribution in [-0.2, 0) is 11.3 Å². The summed E-state index contributed by atoms with van der Waals surface area (Å²) in [6.45, 7) is 6.23. The van der Waals surface area contributed by atoms with E-state index in [-0.39, 0.29) is 18.0 Å². The Bertz CT molecular complexity index is 1180. The quantitative estimate of drug-likeness (QED) is 0.580. The lowest BCUT2D eigenvalue weighted by atomic mass is 9.98. The molecule has 4 rings (SSSR count). The first-order valence-corrected chi connectivity index (χ1v) is 10.9. The fourth-order valence-corrected chi connectivity index (χ4v) is 4.29. The zero-order valence-electron chi connectivity index (χ0n) is 19.0. The summed E-state index contributed by atoms with van der Waals surface area (Å²) in [7, 11) is 0. The molecule has 33 heavy (non-hydrogen) atoms. The van der Waals surface area contributed by atoms with Crippen LogP contribution in [0.1, 0.15) is 48.4 Å². The van der Waals surface area contributed by atoms with Crippen molar-refractivity contribution >= 4 is 11.8 Å². The van der Waals surface area contributed by atoms with E-state index in [9.17, 15) is 18.4 Å². The summed E-state index contributed by atoms with van der Waals surface area (Å²) in [6.07, 6.45) is 1.92. The Kier molecular flexibility index (Phi) is 6.06. The molecule has 1 aliphatic rings. The average Bonchev–Trinajstić information content (AvgIpc) is 3.25. The zero-order chi connectivity index (χ0) is 23.8. The van der Waals surface area contributed by atoms with Gasteiger partial charge in [0.25, 0.3) is 5.91 Å². The van der Waals surface area contributed by atoms with Crippen molar-refractivity contribution in [3.8, 4) is 0 Å². The van der Waals surface area contributed by atoms with Crippen LogP contribution in [0.25, 0.3) is 0 Å². The second-order valence-electron chi connectivity index (χ2n) is 9.21. The van der Waals surface area contributed by atoms with Gasteiger partial charge in [-0.05, 0) is 57.2 Å². The molecule has 2 amide bonds. The molecule has 0 saturated carbocycles. The number of fused-ring (bicyclic) bond motifs is 1. The predicted molar refractivity (Wildman–Crippen MR) is 122 cm³/mol. The summed E-state index contributed by atoms with van der Waals surface area (Å²) in [6, 6.07) is 15.0. The minimum absolute atomic E-state index is 0.177. The van der Waals surface area contributed by atoms with Gasteiger partial charge in [-0.15, -0.1) is 0 Å². The lowest BCUT2D eigenvalue weighted by molar-refractivity contribution is -0.135. The van der Waals surface area contributed by atoms with E-state index in [0.29, 0.717) is 18.7 Å². The molecule has 0 radical (unpaired) electrons. The van der Waals surface area contributed by atoms with Gasteiger partial charge in [0.05, 0.1) is 0 Å². The Morgan fingerprint density at radius 2 is 1.76 bits per heavy atom. The van der Waals surface area contributed by atoms with E-state index in [2.05, 4.69) is 0 Å². The van der Waals surface area contributed by atoms with Crippen molar-refractivity contribution in [3.05, 3.63) is 95.3 Å². The fraction of sp³-hybridized carbons (Fsp3) is 0.308. The van der Waals surface area contributed by atoms with E-state index in [0.717, 1.165) is 5.69 Å². The summed E-state index contributed by atoms with van der Waals surface area (Å²) >= 11 is 0. The number of aromatic nitrogens is 1. The second kappa shape index (κ2) is 8.81. The van der Waals surface area contributed by atoms with Crippen molar-refractivity contribution in [3.63, 3.8) is 0 Å². The summed E-state index contributed by atoms with van der Waals surface area (Å²) in [5.74, 6) is -1.63. The largest absolute Gasteiger partial charge is 0.348 e. The first kappa shape index (κ1) is 22.7. The lowest BCUT2D eigenvalue weighted by Crippen LogP contribution is -2.53. The van der Waals surface area contributed by atoms with Gasteiger partial charge < -0.3 is 14.4 Å². The molecule has 0 fully saturated rings. The molecular formula is C26H27F2N3O2. The highest BCUT2D eigenvalue weighted by Crippen LogP contribution is 2.34. The Labute approximate surface area is 192 Å². The first-order chi connectivity index (χ1) is 15.7. The molecule has 0 saturated heterocycles. The van der Waals surface area contributed by atoms with E-state index < -0.39 is 29.1 Å². The van der Waals surface area contributed by atoms with E-state index in [4.69, 9.17) is 0 Å². The van der Waals surface area contributed by atoms with Crippen LogP contribution in [0.2, 0.25) is 0 Å². The summed E-state index contributed by atoms with van der Waals surface area (Å²) < 4.78 is 30.6. The smallest absolute Gasteiger partial charge is 0.254 e. The second-order valence-corrected chi connectivity index (χ2v) is 9.21. The number of hydrogen-bond acceptors (Lipinski definition) is 2. The Morgan fingerprint density at radius 3 is 2.45 bits per heavy atom. The average molecular weight is 452 g/mol. The maximum absolute atomic E-state index is 14.8. The third kappa shape index (κ3) is 4.53. The van der Waals surface area contributed by atoms with Crippen LogP contribution < -0.4 is 0 Å². The summed E-state index contributed by atoms with van der Waals surface area (Å²) in [5.41, 5.74) is 0.710. The van der Waals surface area contributed by atoms with Crippen LogP contribution in [-0.4, -0.2) is 44.8 Å². The van der Waals surface area contributed by atoms with E-state index in [1.807, 2.05) is 43.7 Å². The maximum atomic E-state index is 14.8. The topological polar surface area (TPSA) is 45.6 Å². The van der Waals surface area contributed by atoms with Crippen LogP contribution >= 0.6 is 0 Å². The van der Waals surface area contributed by atoms with Gasteiger partial charge in [-0.2, -0.15) is 0 Å². The molecule has 0 aliphatic carbocycles. The van der Waals surface area contributed by atoms with E-state index in [1.54, 1.807) is 23.1 Å². The molecule has 2 heterocycles. The molecule has 5 nitrogen and oxygen atoms in total. The van der Waals surface area contributed by atoms with Gasteiger partial charge in [0.1, 0.15) is 24.2 Å². The van der Waals surface area contributed by atoms with Crippen molar-refractivity contribution in [2.24, 2.45) is 0 Å². The number of carbonyl (C=O) groups is 2. The molecule has 0 N–H and O–H groups in total. The molecular weight excluding hydrogens is 424 g/mol. The fourth-order valence-electron chi connectivity index (χ4n) is 4.29. The molecule has 1 aliphatic heterocycles. The minimum Gasteiger partial charge on any atom is -0.348 e. The Morgan fingerprint density at radius 1 is 1.00 bits per heavy atom. The van der Waals surface area contributed by atoms with Crippen LogP contribution in [0.15, 0.2) is 66.9 Å². The third-order valence-corrected chi connectivity index (χ3v) is 5.98. The van der Waals surface area contributed by atoms with Gasteiger partial charge in [-0.3, -0.25) is 9.59 Å². The van der Waals surface area contributed by atoms with Gasteiger partial charge in [0.15, 0.2) is 0 Å². The van der Waals surface area contributed by atoms with Gasteiger partial charge in [-0.25, -0.2) is 8.78 Å². The molecule has 7 heteroatoms. The Balaban J connectivity index is 1.67. The van der Waals surface area contributed by atoms with Crippen LogP contribution in [0.3, 0.4) is 0 Å². The monoisotopic (exact) mass is 451 g/mol. The van der Waals surface area contributed by atoms with E-state index in [1.165, 1.54) is 35.2 Å². The number of benzene rings is 2. The Hall–Kier alpha value is -3.48. The normalized spacial score (nSPS) is 15.8.